The normalized spacial score (nSPS) is 22.0. The van der Waals surface area contributed by atoms with Crippen LogP contribution >= 0.6 is 0 Å². The second kappa shape index (κ2) is 6.83. The average molecular weight is 324 g/mol. The maximum absolute atomic E-state index is 13.8. The lowest BCUT2D eigenvalue weighted by Crippen LogP contribution is -2.48. The lowest BCUT2D eigenvalue weighted by molar-refractivity contribution is 0.0828. The highest BCUT2D eigenvalue weighted by Crippen LogP contribution is 2.29. The van der Waals surface area contributed by atoms with Gasteiger partial charge in [0.25, 0.3) is 0 Å². The zero-order chi connectivity index (χ0) is 16.4. The van der Waals surface area contributed by atoms with Gasteiger partial charge in [0.1, 0.15) is 11.6 Å². The predicted octanol–water partition coefficient (Wildman–Crippen LogP) is 3.21. The number of nitrogens with one attached hydrogen (secondary N) is 1. The standard InChI is InChI=1S/C17H22F2N2O2/c1-11(16-3-2-8-23-16)20-17(22)21(14-6-7-14)10-12-4-5-13(18)9-15(12)19/h4-5,9,11,14,16H,2-3,6-8,10H2,1H3,(H,20,22)/t11-,16-/m1/s1. The summed E-state index contributed by atoms with van der Waals surface area (Å²) in [5.41, 5.74) is 0.332. The number of rotatable bonds is 5. The fourth-order valence-corrected chi connectivity index (χ4v) is 2.95. The Balaban J connectivity index is 1.64. The first kappa shape index (κ1) is 16.2. The summed E-state index contributed by atoms with van der Waals surface area (Å²) in [4.78, 5) is 14.2. The van der Waals surface area contributed by atoms with Crippen molar-refractivity contribution in [2.45, 2.75) is 57.3 Å². The average Bonchev–Trinajstić information content (AvgIpc) is 3.19. The molecule has 0 radical (unpaired) electrons. The molecule has 0 aromatic heterocycles. The molecule has 1 aromatic carbocycles. The van der Waals surface area contributed by atoms with E-state index in [9.17, 15) is 13.6 Å². The van der Waals surface area contributed by atoms with Crippen LogP contribution in [0.15, 0.2) is 18.2 Å². The molecule has 1 saturated heterocycles. The van der Waals surface area contributed by atoms with Gasteiger partial charge in [0.2, 0.25) is 0 Å². The Labute approximate surface area is 134 Å². The summed E-state index contributed by atoms with van der Waals surface area (Å²) >= 11 is 0. The van der Waals surface area contributed by atoms with Gasteiger partial charge in [-0.1, -0.05) is 6.07 Å². The van der Waals surface area contributed by atoms with Gasteiger partial charge < -0.3 is 15.0 Å². The molecule has 1 aliphatic carbocycles. The Morgan fingerprint density at radius 2 is 2.17 bits per heavy atom. The molecule has 1 aliphatic heterocycles. The maximum Gasteiger partial charge on any atom is 0.318 e. The first-order valence-electron chi connectivity index (χ1n) is 8.17. The van der Waals surface area contributed by atoms with Crippen molar-refractivity contribution in [1.82, 2.24) is 10.2 Å². The summed E-state index contributed by atoms with van der Waals surface area (Å²) in [7, 11) is 0. The zero-order valence-corrected chi connectivity index (χ0v) is 13.2. The van der Waals surface area contributed by atoms with Gasteiger partial charge in [0, 0.05) is 24.3 Å². The number of carbonyl (C=O) groups is 1. The van der Waals surface area contributed by atoms with Crippen LogP contribution < -0.4 is 5.32 Å². The van der Waals surface area contributed by atoms with E-state index in [2.05, 4.69) is 5.32 Å². The van der Waals surface area contributed by atoms with Crippen LogP contribution in [0.25, 0.3) is 0 Å². The van der Waals surface area contributed by atoms with Crippen LogP contribution in [0, 0.1) is 11.6 Å². The van der Waals surface area contributed by atoms with Crippen molar-refractivity contribution < 1.29 is 18.3 Å². The van der Waals surface area contributed by atoms with Gasteiger partial charge in [-0.3, -0.25) is 0 Å². The van der Waals surface area contributed by atoms with E-state index in [0.29, 0.717) is 5.56 Å². The summed E-state index contributed by atoms with van der Waals surface area (Å²) in [6, 6.07) is 3.32. The second-order valence-electron chi connectivity index (χ2n) is 6.38. The minimum absolute atomic E-state index is 0.0440. The lowest BCUT2D eigenvalue weighted by Gasteiger charge is -2.27. The van der Waals surface area contributed by atoms with Gasteiger partial charge in [-0.15, -0.1) is 0 Å². The van der Waals surface area contributed by atoms with Gasteiger partial charge in [-0.2, -0.15) is 0 Å². The highest BCUT2D eigenvalue weighted by atomic mass is 19.1. The number of carbonyl (C=O) groups excluding carboxylic acids is 1. The smallest absolute Gasteiger partial charge is 0.318 e. The number of urea groups is 1. The zero-order valence-electron chi connectivity index (χ0n) is 13.2. The number of benzene rings is 1. The molecule has 4 nitrogen and oxygen atoms in total. The summed E-state index contributed by atoms with van der Waals surface area (Å²) in [5.74, 6) is -1.23. The molecule has 0 unspecified atom stereocenters. The monoisotopic (exact) mass is 324 g/mol. The molecule has 1 saturated carbocycles. The molecule has 2 amide bonds. The van der Waals surface area contributed by atoms with Gasteiger partial charge in [0.15, 0.2) is 0 Å². The molecule has 2 fully saturated rings. The molecule has 0 bridgehead atoms. The van der Waals surface area contributed by atoms with Crippen molar-refractivity contribution in [3.63, 3.8) is 0 Å². The summed E-state index contributed by atoms with van der Waals surface area (Å²) in [6.07, 6.45) is 3.84. The minimum Gasteiger partial charge on any atom is -0.376 e. The highest BCUT2D eigenvalue weighted by Gasteiger charge is 2.34. The second-order valence-corrected chi connectivity index (χ2v) is 6.38. The van der Waals surface area contributed by atoms with E-state index < -0.39 is 11.6 Å². The van der Waals surface area contributed by atoms with Crippen LogP contribution in [0.4, 0.5) is 13.6 Å². The molecule has 23 heavy (non-hydrogen) atoms. The van der Waals surface area contributed by atoms with E-state index in [1.807, 2.05) is 6.92 Å². The van der Waals surface area contributed by atoms with E-state index in [4.69, 9.17) is 4.74 Å². The first-order chi connectivity index (χ1) is 11.0. The summed E-state index contributed by atoms with van der Waals surface area (Å²) in [6.45, 7) is 2.82. The third-order valence-electron chi connectivity index (χ3n) is 4.48. The molecule has 6 heteroatoms. The molecule has 2 aliphatic rings. The molecule has 0 spiro atoms. The minimum atomic E-state index is -0.615. The Morgan fingerprint density at radius 3 is 2.78 bits per heavy atom. The van der Waals surface area contributed by atoms with Crippen molar-refractivity contribution in [2.75, 3.05) is 6.61 Å². The molecule has 1 aromatic rings. The molecule has 1 N–H and O–H groups in total. The number of hydrogen-bond donors (Lipinski definition) is 1. The van der Waals surface area contributed by atoms with Crippen molar-refractivity contribution in [1.29, 1.82) is 0 Å². The molecule has 2 atom stereocenters. The van der Waals surface area contributed by atoms with Crippen LogP contribution in [0.1, 0.15) is 38.2 Å². The molecule has 126 valence electrons. The van der Waals surface area contributed by atoms with Crippen molar-refractivity contribution in [3.8, 4) is 0 Å². The number of hydrogen-bond acceptors (Lipinski definition) is 2. The van der Waals surface area contributed by atoms with Gasteiger partial charge >= 0.3 is 6.03 Å². The summed E-state index contributed by atoms with van der Waals surface area (Å²) < 4.78 is 32.4. The van der Waals surface area contributed by atoms with Crippen molar-refractivity contribution in [2.24, 2.45) is 0 Å². The van der Waals surface area contributed by atoms with E-state index in [1.54, 1.807) is 4.90 Å². The van der Waals surface area contributed by atoms with E-state index in [-0.39, 0.29) is 30.8 Å². The fraction of sp³-hybridized carbons (Fsp3) is 0.588. The molecule has 1 heterocycles. The lowest BCUT2D eigenvalue weighted by atomic mass is 10.1. The fourth-order valence-electron chi connectivity index (χ4n) is 2.95. The summed E-state index contributed by atoms with van der Waals surface area (Å²) in [5, 5.41) is 2.96. The Hall–Kier alpha value is -1.69. The Kier molecular flexibility index (Phi) is 4.80. The van der Waals surface area contributed by atoms with E-state index >= 15 is 0 Å². The van der Waals surface area contributed by atoms with Crippen molar-refractivity contribution >= 4 is 6.03 Å². The van der Waals surface area contributed by atoms with Crippen molar-refractivity contribution in [3.05, 3.63) is 35.4 Å². The molecular formula is C17H22F2N2O2. The van der Waals surface area contributed by atoms with Crippen LogP contribution in [-0.4, -0.2) is 35.7 Å². The first-order valence-corrected chi connectivity index (χ1v) is 8.17. The quantitative estimate of drug-likeness (QED) is 0.904. The van der Waals surface area contributed by atoms with Gasteiger partial charge in [-0.25, -0.2) is 13.6 Å². The van der Waals surface area contributed by atoms with Gasteiger partial charge in [0.05, 0.1) is 18.7 Å². The van der Waals surface area contributed by atoms with E-state index in [0.717, 1.165) is 38.4 Å². The number of halogens is 2. The Bertz CT molecular complexity index is 572. The highest BCUT2D eigenvalue weighted by molar-refractivity contribution is 5.75. The maximum atomic E-state index is 13.8. The third kappa shape index (κ3) is 3.99. The van der Waals surface area contributed by atoms with Gasteiger partial charge in [-0.05, 0) is 38.7 Å². The van der Waals surface area contributed by atoms with E-state index in [1.165, 1.54) is 12.1 Å². The number of ether oxygens (including phenoxy) is 1. The van der Waals surface area contributed by atoms with Crippen LogP contribution in [0.2, 0.25) is 0 Å². The number of amides is 2. The SMILES string of the molecule is C[C@@H](NC(=O)N(Cc1ccc(F)cc1F)C1CC1)[C@H]1CCCO1. The number of nitrogens with zero attached hydrogens (tertiary/aromatic N) is 1. The largest absolute Gasteiger partial charge is 0.376 e. The molecule has 3 rings (SSSR count). The van der Waals surface area contributed by atoms with Crippen LogP contribution in [0.5, 0.6) is 0 Å². The molecular weight excluding hydrogens is 302 g/mol. The van der Waals surface area contributed by atoms with Crippen LogP contribution in [0.3, 0.4) is 0 Å². The third-order valence-corrected chi connectivity index (χ3v) is 4.48. The Morgan fingerprint density at radius 1 is 1.39 bits per heavy atom. The topological polar surface area (TPSA) is 41.6 Å². The van der Waals surface area contributed by atoms with Crippen LogP contribution in [-0.2, 0) is 11.3 Å². The predicted molar refractivity (Wildman–Crippen MR) is 81.9 cm³/mol.